The third-order valence-corrected chi connectivity index (χ3v) is 2.79. The molecule has 1 aromatic heterocycles. The van der Waals surface area contributed by atoms with Gasteiger partial charge in [-0.15, -0.1) is 0 Å². The van der Waals surface area contributed by atoms with Gasteiger partial charge in [-0.2, -0.15) is 0 Å². The topological polar surface area (TPSA) is 38.9 Å². The van der Waals surface area contributed by atoms with Crippen molar-refractivity contribution in [1.29, 1.82) is 0 Å². The molecular formula is C14H15FN2. The van der Waals surface area contributed by atoms with E-state index in [0.29, 0.717) is 6.54 Å². The Hall–Kier alpha value is -1.74. The quantitative estimate of drug-likeness (QED) is 0.876. The molecule has 0 bridgehead atoms. The Morgan fingerprint density at radius 3 is 2.47 bits per heavy atom. The van der Waals surface area contributed by atoms with E-state index in [1.165, 1.54) is 12.1 Å². The largest absolute Gasteiger partial charge is 0.330 e. The Labute approximate surface area is 100 Å². The molecule has 0 aliphatic rings. The average Bonchev–Trinajstić information content (AvgIpc) is 2.39. The summed E-state index contributed by atoms with van der Waals surface area (Å²) in [5.41, 5.74) is 7.83. The molecule has 0 spiro atoms. The van der Waals surface area contributed by atoms with Crippen molar-refractivity contribution in [2.24, 2.45) is 5.73 Å². The van der Waals surface area contributed by atoms with E-state index < -0.39 is 0 Å². The second-order valence-electron chi connectivity index (χ2n) is 4.02. The second-order valence-corrected chi connectivity index (χ2v) is 4.02. The van der Waals surface area contributed by atoms with Gasteiger partial charge in [0.05, 0.1) is 0 Å². The monoisotopic (exact) mass is 230 g/mol. The van der Waals surface area contributed by atoms with Crippen LogP contribution in [0, 0.1) is 5.82 Å². The number of hydrogen-bond donors (Lipinski definition) is 1. The van der Waals surface area contributed by atoms with Gasteiger partial charge in [0.1, 0.15) is 5.82 Å². The fraction of sp³-hybridized carbons (Fsp3) is 0.214. The first-order valence-corrected chi connectivity index (χ1v) is 5.65. The maximum Gasteiger partial charge on any atom is 0.123 e. The Balaban J connectivity index is 2.13. The number of benzene rings is 1. The van der Waals surface area contributed by atoms with E-state index >= 15 is 0 Å². The molecule has 0 aliphatic carbocycles. The molecule has 0 saturated carbocycles. The highest BCUT2D eigenvalue weighted by atomic mass is 19.1. The fourth-order valence-electron chi connectivity index (χ4n) is 1.83. The van der Waals surface area contributed by atoms with Gasteiger partial charge in [-0.1, -0.05) is 18.2 Å². The lowest BCUT2D eigenvalue weighted by Crippen LogP contribution is -2.16. The minimum absolute atomic E-state index is 0.182. The molecule has 17 heavy (non-hydrogen) atoms. The number of nitrogens with two attached hydrogens (primary N) is 1. The van der Waals surface area contributed by atoms with Crippen LogP contribution in [0.2, 0.25) is 0 Å². The molecule has 2 aromatic rings. The van der Waals surface area contributed by atoms with Crippen LogP contribution >= 0.6 is 0 Å². The average molecular weight is 230 g/mol. The van der Waals surface area contributed by atoms with Crippen molar-refractivity contribution in [3.05, 3.63) is 65.7 Å². The number of pyridine rings is 1. The highest BCUT2D eigenvalue weighted by molar-refractivity contribution is 5.20. The Morgan fingerprint density at radius 1 is 1.12 bits per heavy atom. The van der Waals surface area contributed by atoms with Crippen molar-refractivity contribution in [2.75, 3.05) is 6.54 Å². The molecule has 1 aromatic carbocycles. The smallest absolute Gasteiger partial charge is 0.123 e. The van der Waals surface area contributed by atoms with Gasteiger partial charge < -0.3 is 5.73 Å². The third-order valence-electron chi connectivity index (χ3n) is 2.79. The van der Waals surface area contributed by atoms with Crippen LogP contribution < -0.4 is 5.73 Å². The first-order valence-electron chi connectivity index (χ1n) is 5.65. The lowest BCUT2D eigenvalue weighted by atomic mass is 9.96. The zero-order valence-corrected chi connectivity index (χ0v) is 9.51. The summed E-state index contributed by atoms with van der Waals surface area (Å²) in [5, 5.41) is 0. The zero-order valence-electron chi connectivity index (χ0n) is 9.51. The fourth-order valence-corrected chi connectivity index (χ4v) is 1.83. The Bertz CT molecular complexity index is 453. The van der Waals surface area contributed by atoms with Crippen molar-refractivity contribution in [3.8, 4) is 0 Å². The Morgan fingerprint density at radius 2 is 1.88 bits per heavy atom. The van der Waals surface area contributed by atoms with E-state index in [4.69, 9.17) is 5.73 Å². The van der Waals surface area contributed by atoms with Crippen molar-refractivity contribution < 1.29 is 4.39 Å². The maximum absolute atomic E-state index is 12.8. The minimum Gasteiger partial charge on any atom is -0.330 e. The first-order chi connectivity index (χ1) is 8.29. The highest BCUT2D eigenvalue weighted by Crippen LogP contribution is 2.18. The number of halogens is 1. The molecule has 2 nitrogen and oxygen atoms in total. The maximum atomic E-state index is 12.8. The van der Waals surface area contributed by atoms with Crippen molar-refractivity contribution in [2.45, 2.75) is 12.3 Å². The van der Waals surface area contributed by atoms with Gasteiger partial charge in [-0.3, -0.25) is 4.98 Å². The van der Waals surface area contributed by atoms with E-state index in [0.717, 1.165) is 17.7 Å². The molecule has 0 fully saturated rings. The second kappa shape index (κ2) is 5.55. The van der Waals surface area contributed by atoms with Crippen molar-refractivity contribution in [1.82, 2.24) is 4.98 Å². The van der Waals surface area contributed by atoms with Gasteiger partial charge in [0.25, 0.3) is 0 Å². The number of nitrogens with zero attached hydrogens (tertiary/aromatic N) is 1. The van der Waals surface area contributed by atoms with Gasteiger partial charge in [-0.25, -0.2) is 4.39 Å². The predicted octanol–water partition coefficient (Wildman–Crippen LogP) is 2.51. The highest BCUT2D eigenvalue weighted by Gasteiger charge is 2.11. The normalized spacial score (nSPS) is 12.4. The molecule has 2 rings (SSSR count). The van der Waals surface area contributed by atoms with E-state index in [-0.39, 0.29) is 11.7 Å². The number of hydrogen-bond acceptors (Lipinski definition) is 2. The lowest BCUT2D eigenvalue weighted by Gasteiger charge is -2.14. The molecule has 2 N–H and O–H groups in total. The SMILES string of the molecule is NC[C@H](Cc1ccc(F)cc1)c1ccccn1. The molecule has 0 radical (unpaired) electrons. The van der Waals surface area contributed by atoms with Crippen LogP contribution in [0.5, 0.6) is 0 Å². The van der Waals surface area contributed by atoms with Crippen LogP contribution in [0.1, 0.15) is 17.2 Å². The van der Waals surface area contributed by atoms with Gasteiger partial charge in [-0.05, 0) is 36.2 Å². The summed E-state index contributed by atoms with van der Waals surface area (Å²) in [5.74, 6) is -0.0301. The van der Waals surface area contributed by atoms with E-state index in [1.54, 1.807) is 18.3 Å². The minimum atomic E-state index is -0.212. The van der Waals surface area contributed by atoms with Gasteiger partial charge >= 0.3 is 0 Å². The zero-order chi connectivity index (χ0) is 12.1. The summed E-state index contributed by atoms with van der Waals surface area (Å²) in [7, 11) is 0. The predicted molar refractivity (Wildman–Crippen MR) is 66.1 cm³/mol. The molecule has 0 saturated heterocycles. The van der Waals surface area contributed by atoms with Crippen molar-refractivity contribution >= 4 is 0 Å². The van der Waals surface area contributed by atoms with E-state index in [9.17, 15) is 4.39 Å². The Kier molecular flexibility index (Phi) is 3.83. The van der Waals surface area contributed by atoms with E-state index in [1.807, 2.05) is 18.2 Å². The molecule has 0 amide bonds. The molecule has 3 heteroatoms. The van der Waals surface area contributed by atoms with Crippen LogP contribution in [0.3, 0.4) is 0 Å². The summed E-state index contributed by atoms with van der Waals surface area (Å²) in [6, 6.07) is 12.3. The summed E-state index contributed by atoms with van der Waals surface area (Å²) < 4.78 is 12.8. The van der Waals surface area contributed by atoms with Crippen LogP contribution in [0.25, 0.3) is 0 Å². The molecular weight excluding hydrogens is 215 g/mol. The summed E-state index contributed by atoms with van der Waals surface area (Å²) in [6.45, 7) is 0.536. The van der Waals surface area contributed by atoms with Crippen LogP contribution in [0.4, 0.5) is 4.39 Å². The first kappa shape index (κ1) is 11.7. The van der Waals surface area contributed by atoms with Gasteiger partial charge in [0.15, 0.2) is 0 Å². The third kappa shape index (κ3) is 3.11. The van der Waals surface area contributed by atoms with Crippen LogP contribution in [0.15, 0.2) is 48.7 Å². The molecule has 0 unspecified atom stereocenters. The standard InChI is InChI=1S/C14H15FN2/c15-13-6-4-11(5-7-13)9-12(10-16)14-3-1-2-8-17-14/h1-8,12H,9-10,16H2/t12-/m0/s1. The van der Waals surface area contributed by atoms with Crippen LogP contribution in [-0.4, -0.2) is 11.5 Å². The molecule has 0 aliphatic heterocycles. The summed E-state index contributed by atoms with van der Waals surface area (Å²) >= 11 is 0. The lowest BCUT2D eigenvalue weighted by molar-refractivity contribution is 0.624. The number of rotatable bonds is 4. The van der Waals surface area contributed by atoms with Crippen LogP contribution in [-0.2, 0) is 6.42 Å². The van der Waals surface area contributed by atoms with Crippen molar-refractivity contribution in [3.63, 3.8) is 0 Å². The van der Waals surface area contributed by atoms with Gasteiger partial charge in [0.2, 0.25) is 0 Å². The molecule has 88 valence electrons. The van der Waals surface area contributed by atoms with E-state index in [2.05, 4.69) is 4.98 Å². The summed E-state index contributed by atoms with van der Waals surface area (Å²) in [4.78, 5) is 4.31. The number of aromatic nitrogens is 1. The molecule has 1 atom stereocenters. The molecule has 1 heterocycles. The van der Waals surface area contributed by atoms with Gasteiger partial charge in [0, 0.05) is 24.4 Å². The summed E-state index contributed by atoms with van der Waals surface area (Å²) in [6.07, 6.45) is 2.55.